The summed E-state index contributed by atoms with van der Waals surface area (Å²) in [6.07, 6.45) is 0.321. The number of nitrogens with one attached hydrogen (secondary N) is 2. The van der Waals surface area contributed by atoms with Crippen molar-refractivity contribution < 1.29 is 13.2 Å². The topological polar surface area (TPSA) is 54.2 Å². The average molecular weight is 467 g/mol. The van der Waals surface area contributed by atoms with Gasteiger partial charge in [-0.1, -0.05) is 24.3 Å². The number of halogens is 4. The Morgan fingerprint density at radius 3 is 2.40 bits per heavy atom. The number of guanidine groups is 1. The molecule has 0 saturated carbocycles. The van der Waals surface area contributed by atoms with E-state index in [0.29, 0.717) is 12.5 Å². The predicted octanol–water partition coefficient (Wildman–Crippen LogP) is 3.17. The molecule has 2 N–H and O–H groups in total. The van der Waals surface area contributed by atoms with Crippen LogP contribution < -0.4 is 10.6 Å². The summed E-state index contributed by atoms with van der Waals surface area (Å²) in [6.45, 7) is 1.03. The Kier molecular flexibility index (Phi) is 8.73. The van der Waals surface area contributed by atoms with E-state index in [2.05, 4.69) is 20.6 Å². The number of rotatable bonds is 6. The largest absolute Gasteiger partial charge is 0.390 e. The van der Waals surface area contributed by atoms with Crippen LogP contribution in [0.25, 0.3) is 0 Å². The Hall–Kier alpha value is -1.78. The smallest absolute Gasteiger partial charge is 0.356 e. The molecule has 2 rings (SSSR count). The van der Waals surface area contributed by atoms with Crippen molar-refractivity contribution in [1.82, 2.24) is 20.2 Å². The highest BCUT2D eigenvalue weighted by molar-refractivity contribution is 14.0. The fraction of sp³-hybridized carbons (Fsp3) is 0.375. The van der Waals surface area contributed by atoms with E-state index in [4.69, 9.17) is 0 Å². The van der Waals surface area contributed by atoms with Crippen molar-refractivity contribution in [2.75, 3.05) is 13.6 Å². The molecule has 138 valence electrons. The number of benzene rings is 1. The van der Waals surface area contributed by atoms with Crippen LogP contribution >= 0.6 is 24.0 Å². The lowest BCUT2D eigenvalue weighted by Crippen LogP contribution is -2.38. The van der Waals surface area contributed by atoms with E-state index in [1.54, 1.807) is 12.5 Å². The van der Waals surface area contributed by atoms with E-state index < -0.39 is 12.6 Å². The summed E-state index contributed by atoms with van der Waals surface area (Å²) in [6, 6.07) is 7.97. The minimum absolute atomic E-state index is 0. The zero-order valence-electron chi connectivity index (χ0n) is 13.8. The Labute approximate surface area is 161 Å². The summed E-state index contributed by atoms with van der Waals surface area (Å²) >= 11 is 0. The minimum Gasteiger partial charge on any atom is -0.356 e. The second kappa shape index (κ2) is 10.3. The molecule has 2 aromatic rings. The van der Waals surface area contributed by atoms with Crippen molar-refractivity contribution in [1.29, 1.82) is 0 Å². The molecule has 25 heavy (non-hydrogen) atoms. The summed E-state index contributed by atoms with van der Waals surface area (Å²) in [5, 5.41) is 5.64. The minimum atomic E-state index is -4.17. The van der Waals surface area contributed by atoms with Gasteiger partial charge >= 0.3 is 6.18 Å². The van der Waals surface area contributed by atoms with Gasteiger partial charge in [-0.25, -0.2) is 4.98 Å². The van der Waals surface area contributed by atoms with Crippen LogP contribution in [0, 0.1) is 0 Å². The van der Waals surface area contributed by atoms with Crippen LogP contribution in [0.2, 0.25) is 0 Å². The van der Waals surface area contributed by atoms with Crippen LogP contribution in [0.15, 0.2) is 48.0 Å². The lowest BCUT2D eigenvalue weighted by atomic mass is 10.1. The molecule has 0 radical (unpaired) electrons. The Bertz CT molecular complexity index is 639. The molecule has 0 amide bonds. The molecule has 0 aliphatic heterocycles. The van der Waals surface area contributed by atoms with Crippen LogP contribution in [0.4, 0.5) is 13.2 Å². The van der Waals surface area contributed by atoms with Crippen LogP contribution in [-0.4, -0.2) is 35.3 Å². The first-order chi connectivity index (χ1) is 11.5. The van der Waals surface area contributed by atoms with Crippen molar-refractivity contribution in [3.63, 3.8) is 0 Å². The highest BCUT2D eigenvalue weighted by atomic mass is 127. The monoisotopic (exact) mass is 467 g/mol. The maximum atomic E-state index is 12.1. The number of aromatic nitrogens is 2. The second-order valence-electron chi connectivity index (χ2n) is 5.27. The summed E-state index contributed by atoms with van der Waals surface area (Å²) in [4.78, 5) is 7.90. The fourth-order valence-corrected chi connectivity index (χ4v) is 2.08. The van der Waals surface area contributed by atoms with Gasteiger partial charge in [-0.3, -0.25) is 4.99 Å². The molecule has 1 heterocycles. The molecular formula is C16H21F3IN5. The Morgan fingerprint density at radius 1 is 1.16 bits per heavy atom. The number of nitrogens with zero attached hydrogens (tertiary/aromatic N) is 3. The second-order valence-corrected chi connectivity index (χ2v) is 5.27. The molecule has 0 bridgehead atoms. The fourth-order valence-electron chi connectivity index (χ4n) is 2.08. The molecule has 0 aliphatic rings. The number of hydrogen-bond acceptors (Lipinski definition) is 2. The number of imidazole rings is 1. The maximum Gasteiger partial charge on any atom is 0.390 e. The normalized spacial score (nSPS) is 11.8. The zero-order valence-corrected chi connectivity index (χ0v) is 16.1. The highest BCUT2D eigenvalue weighted by Crippen LogP contribution is 2.18. The van der Waals surface area contributed by atoms with E-state index in [1.165, 1.54) is 7.05 Å². The molecule has 9 heteroatoms. The van der Waals surface area contributed by atoms with Crippen LogP contribution in [0.5, 0.6) is 0 Å². The molecule has 0 saturated heterocycles. The molecule has 0 unspecified atom stereocenters. The van der Waals surface area contributed by atoms with E-state index in [-0.39, 0.29) is 30.5 Å². The highest BCUT2D eigenvalue weighted by Gasteiger charge is 2.26. The molecule has 1 aromatic carbocycles. The van der Waals surface area contributed by atoms with Crippen molar-refractivity contribution >= 4 is 29.9 Å². The predicted molar refractivity (Wildman–Crippen MR) is 102 cm³/mol. The third-order valence-corrected chi connectivity index (χ3v) is 3.33. The van der Waals surface area contributed by atoms with Crippen LogP contribution in [0.3, 0.4) is 0 Å². The van der Waals surface area contributed by atoms with Crippen molar-refractivity contribution in [2.24, 2.45) is 4.99 Å². The van der Waals surface area contributed by atoms with Gasteiger partial charge in [-0.2, -0.15) is 13.2 Å². The molecular weight excluding hydrogens is 446 g/mol. The number of alkyl halides is 3. The third-order valence-electron chi connectivity index (χ3n) is 3.33. The Morgan fingerprint density at radius 2 is 1.84 bits per heavy atom. The summed E-state index contributed by atoms with van der Waals surface area (Å²) in [7, 11) is 1.52. The third kappa shape index (κ3) is 8.23. The maximum absolute atomic E-state index is 12.1. The van der Waals surface area contributed by atoms with Gasteiger partial charge in [0.1, 0.15) is 0 Å². The lowest BCUT2D eigenvalue weighted by molar-refractivity contribution is -0.132. The van der Waals surface area contributed by atoms with Gasteiger partial charge in [-0.05, 0) is 11.1 Å². The van der Waals surface area contributed by atoms with Gasteiger partial charge in [0.25, 0.3) is 0 Å². The Balaban J connectivity index is 0.00000312. The van der Waals surface area contributed by atoms with Crippen LogP contribution in [-0.2, 0) is 13.1 Å². The van der Waals surface area contributed by atoms with Gasteiger partial charge in [-0.15, -0.1) is 24.0 Å². The summed E-state index contributed by atoms with van der Waals surface area (Å²) < 4.78 is 38.4. The van der Waals surface area contributed by atoms with Gasteiger partial charge in [0, 0.05) is 39.1 Å². The van der Waals surface area contributed by atoms with E-state index in [9.17, 15) is 13.2 Å². The van der Waals surface area contributed by atoms with E-state index >= 15 is 0 Å². The van der Waals surface area contributed by atoms with E-state index in [1.807, 2.05) is 35.0 Å². The molecule has 0 atom stereocenters. The van der Waals surface area contributed by atoms with E-state index in [0.717, 1.165) is 17.7 Å². The quantitative estimate of drug-likeness (QED) is 0.390. The average Bonchev–Trinajstić information content (AvgIpc) is 3.04. The SMILES string of the molecule is CN=C(NCCC(F)(F)F)NCc1ccc(Cn2ccnc2)cc1.I. The molecule has 0 fully saturated rings. The lowest BCUT2D eigenvalue weighted by Gasteiger charge is -2.13. The van der Waals surface area contributed by atoms with Crippen LogP contribution in [0.1, 0.15) is 17.5 Å². The number of aliphatic imine (C=N–C) groups is 1. The molecule has 0 spiro atoms. The molecule has 1 aromatic heterocycles. The van der Waals surface area contributed by atoms with Gasteiger partial charge in [0.05, 0.1) is 12.7 Å². The standard InChI is InChI=1S/C16H20F3N5.HI/c1-20-15(22-7-6-16(17,18)19)23-10-13-2-4-14(5-3-13)11-24-9-8-21-12-24;/h2-5,8-9,12H,6-7,10-11H2,1H3,(H2,20,22,23);1H. The summed E-state index contributed by atoms with van der Waals surface area (Å²) in [5.41, 5.74) is 2.16. The zero-order chi connectivity index (χ0) is 17.4. The van der Waals surface area contributed by atoms with Crippen molar-refractivity contribution in [2.45, 2.75) is 25.7 Å². The van der Waals surface area contributed by atoms with Crippen molar-refractivity contribution in [3.8, 4) is 0 Å². The first-order valence-electron chi connectivity index (χ1n) is 7.51. The van der Waals surface area contributed by atoms with Gasteiger partial charge in [0.15, 0.2) is 5.96 Å². The molecule has 5 nitrogen and oxygen atoms in total. The molecule has 0 aliphatic carbocycles. The summed E-state index contributed by atoms with van der Waals surface area (Å²) in [5.74, 6) is 0.349. The first kappa shape index (κ1) is 21.3. The van der Waals surface area contributed by atoms with Gasteiger partial charge < -0.3 is 15.2 Å². The van der Waals surface area contributed by atoms with Gasteiger partial charge in [0.2, 0.25) is 0 Å². The number of hydrogen-bond donors (Lipinski definition) is 2. The first-order valence-corrected chi connectivity index (χ1v) is 7.51. The van der Waals surface area contributed by atoms with Crippen molar-refractivity contribution in [3.05, 3.63) is 54.1 Å².